The molecule has 0 bridgehead atoms. The molecule has 2 rings (SSSR count). The van der Waals surface area contributed by atoms with E-state index in [-0.39, 0.29) is 0 Å². The number of aliphatic imine (C=N–C) groups is 1. The van der Waals surface area contributed by atoms with Gasteiger partial charge in [0.25, 0.3) is 0 Å². The van der Waals surface area contributed by atoms with Gasteiger partial charge in [-0.2, -0.15) is 0 Å². The Morgan fingerprint density at radius 3 is 2.43 bits per heavy atom. The molecule has 0 fully saturated rings. The summed E-state index contributed by atoms with van der Waals surface area (Å²) in [5.41, 5.74) is 2.49. The molecule has 124 valence electrons. The summed E-state index contributed by atoms with van der Waals surface area (Å²) in [6, 6.07) is 10.5. The van der Waals surface area contributed by atoms with Gasteiger partial charge in [0.1, 0.15) is 0 Å². The molecule has 0 radical (unpaired) electrons. The molecule has 0 amide bonds. The highest BCUT2D eigenvalue weighted by Gasteiger charge is 2.05. The van der Waals surface area contributed by atoms with E-state index in [9.17, 15) is 0 Å². The predicted octanol–water partition coefficient (Wildman–Crippen LogP) is 3.22. The summed E-state index contributed by atoms with van der Waals surface area (Å²) in [6.45, 7) is 6.07. The second-order valence-corrected chi connectivity index (χ2v) is 6.63. The summed E-state index contributed by atoms with van der Waals surface area (Å²) in [6.07, 6.45) is 1.91. The van der Waals surface area contributed by atoms with Gasteiger partial charge in [-0.1, -0.05) is 44.2 Å². The van der Waals surface area contributed by atoms with Crippen LogP contribution in [0.3, 0.4) is 0 Å². The average molecular weight is 331 g/mol. The van der Waals surface area contributed by atoms with E-state index in [1.807, 2.05) is 6.07 Å². The maximum absolute atomic E-state index is 4.65. The van der Waals surface area contributed by atoms with E-state index in [1.54, 1.807) is 18.4 Å². The zero-order valence-corrected chi connectivity index (χ0v) is 15.0. The lowest BCUT2D eigenvalue weighted by Gasteiger charge is -2.11. The monoisotopic (exact) mass is 330 g/mol. The summed E-state index contributed by atoms with van der Waals surface area (Å²) < 4.78 is 0. The summed E-state index contributed by atoms with van der Waals surface area (Å²) in [4.78, 5) is 8.91. The van der Waals surface area contributed by atoms with Gasteiger partial charge >= 0.3 is 0 Å². The number of hydrogen-bond donors (Lipinski definition) is 2. The largest absolute Gasteiger partial charge is 0.356 e. The molecule has 0 aliphatic heterocycles. The van der Waals surface area contributed by atoms with Crippen LogP contribution in [0.1, 0.15) is 36.0 Å². The van der Waals surface area contributed by atoms with Crippen LogP contribution in [0.15, 0.2) is 40.7 Å². The Kier molecular flexibility index (Phi) is 7.07. The Labute approximate surface area is 143 Å². The van der Waals surface area contributed by atoms with Gasteiger partial charge in [0.2, 0.25) is 0 Å². The van der Waals surface area contributed by atoms with Crippen molar-refractivity contribution in [3.05, 3.63) is 52.0 Å². The van der Waals surface area contributed by atoms with Crippen LogP contribution >= 0.6 is 11.3 Å². The third-order valence-corrected chi connectivity index (χ3v) is 4.70. The molecule has 0 aliphatic carbocycles. The number of aromatic nitrogens is 1. The molecular formula is C18H26N4S. The lowest BCUT2D eigenvalue weighted by molar-refractivity contribution is 0.771. The first-order valence-electron chi connectivity index (χ1n) is 8.11. The van der Waals surface area contributed by atoms with E-state index in [2.05, 4.69) is 64.1 Å². The summed E-state index contributed by atoms with van der Waals surface area (Å²) >= 11 is 1.75. The quantitative estimate of drug-likeness (QED) is 0.605. The molecule has 0 spiro atoms. The molecule has 1 aromatic carbocycles. The zero-order chi connectivity index (χ0) is 16.5. The van der Waals surface area contributed by atoms with E-state index in [4.69, 9.17) is 0 Å². The van der Waals surface area contributed by atoms with E-state index in [0.29, 0.717) is 5.92 Å². The van der Waals surface area contributed by atoms with Crippen molar-refractivity contribution in [1.82, 2.24) is 15.6 Å². The van der Waals surface area contributed by atoms with Gasteiger partial charge in [-0.05, 0) is 12.0 Å². The van der Waals surface area contributed by atoms with Crippen molar-refractivity contribution >= 4 is 17.3 Å². The Hall–Kier alpha value is -1.88. The van der Waals surface area contributed by atoms with Crippen molar-refractivity contribution in [2.75, 3.05) is 20.1 Å². The molecule has 0 atom stereocenters. The van der Waals surface area contributed by atoms with Gasteiger partial charge in [0, 0.05) is 37.9 Å². The molecular weight excluding hydrogens is 304 g/mol. The zero-order valence-electron chi connectivity index (χ0n) is 14.2. The van der Waals surface area contributed by atoms with Crippen molar-refractivity contribution in [2.24, 2.45) is 4.99 Å². The van der Waals surface area contributed by atoms with Crippen LogP contribution < -0.4 is 10.6 Å². The third kappa shape index (κ3) is 6.02. The number of thiazole rings is 1. The minimum atomic E-state index is 0.508. The van der Waals surface area contributed by atoms with Crippen molar-refractivity contribution in [3.8, 4) is 0 Å². The van der Waals surface area contributed by atoms with Crippen molar-refractivity contribution in [2.45, 2.75) is 32.6 Å². The van der Waals surface area contributed by atoms with Gasteiger partial charge in [-0.25, -0.2) is 4.98 Å². The van der Waals surface area contributed by atoms with Crippen LogP contribution in [0.5, 0.6) is 0 Å². The fraction of sp³-hybridized carbons (Fsp3) is 0.444. The summed E-state index contributed by atoms with van der Waals surface area (Å²) in [7, 11) is 1.80. The molecule has 2 N–H and O–H groups in total. The number of rotatable bonds is 7. The fourth-order valence-electron chi connectivity index (χ4n) is 2.20. The van der Waals surface area contributed by atoms with Crippen LogP contribution in [-0.2, 0) is 12.8 Å². The Morgan fingerprint density at radius 1 is 1.13 bits per heavy atom. The van der Waals surface area contributed by atoms with Gasteiger partial charge in [0.05, 0.1) is 10.7 Å². The van der Waals surface area contributed by atoms with E-state index in [0.717, 1.165) is 37.6 Å². The fourth-order valence-corrected chi connectivity index (χ4v) is 3.07. The highest BCUT2D eigenvalue weighted by atomic mass is 32.1. The molecule has 5 heteroatoms. The number of benzene rings is 1. The molecule has 1 heterocycles. The van der Waals surface area contributed by atoms with Crippen LogP contribution in [0.4, 0.5) is 0 Å². The molecule has 4 nitrogen and oxygen atoms in total. The smallest absolute Gasteiger partial charge is 0.190 e. The second-order valence-electron chi connectivity index (χ2n) is 5.74. The first-order valence-corrected chi connectivity index (χ1v) is 8.99. The Bertz CT molecular complexity index is 604. The minimum absolute atomic E-state index is 0.508. The SMILES string of the molecule is CN=C(NCCc1ccccc1)NCCc1csc(C(C)C)n1. The van der Waals surface area contributed by atoms with Crippen LogP contribution in [-0.4, -0.2) is 31.1 Å². The second kappa shape index (κ2) is 9.30. The molecule has 0 aliphatic rings. The van der Waals surface area contributed by atoms with Gasteiger partial charge in [0.15, 0.2) is 5.96 Å². The first-order chi connectivity index (χ1) is 11.2. The third-order valence-electron chi connectivity index (χ3n) is 3.51. The number of guanidine groups is 1. The number of nitrogens with zero attached hydrogens (tertiary/aromatic N) is 2. The van der Waals surface area contributed by atoms with Gasteiger partial charge in [-0.15, -0.1) is 11.3 Å². The van der Waals surface area contributed by atoms with Gasteiger partial charge in [-0.3, -0.25) is 4.99 Å². The minimum Gasteiger partial charge on any atom is -0.356 e. The predicted molar refractivity (Wildman–Crippen MR) is 99.4 cm³/mol. The highest BCUT2D eigenvalue weighted by Crippen LogP contribution is 2.19. The van der Waals surface area contributed by atoms with Crippen molar-refractivity contribution in [3.63, 3.8) is 0 Å². The summed E-state index contributed by atoms with van der Waals surface area (Å²) in [5, 5.41) is 10.1. The van der Waals surface area contributed by atoms with E-state index < -0.39 is 0 Å². The normalized spacial score (nSPS) is 11.7. The lowest BCUT2D eigenvalue weighted by Crippen LogP contribution is -2.39. The van der Waals surface area contributed by atoms with E-state index >= 15 is 0 Å². The van der Waals surface area contributed by atoms with Crippen LogP contribution in [0.25, 0.3) is 0 Å². The molecule has 2 aromatic rings. The molecule has 23 heavy (non-hydrogen) atoms. The number of hydrogen-bond acceptors (Lipinski definition) is 3. The Morgan fingerprint density at radius 2 is 1.83 bits per heavy atom. The Balaban J connectivity index is 1.68. The molecule has 0 saturated carbocycles. The maximum atomic E-state index is 4.65. The number of nitrogens with one attached hydrogen (secondary N) is 2. The van der Waals surface area contributed by atoms with Gasteiger partial charge < -0.3 is 10.6 Å². The topological polar surface area (TPSA) is 49.3 Å². The van der Waals surface area contributed by atoms with Crippen molar-refractivity contribution < 1.29 is 0 Å². The van der Waals surface area contributed by atoms with E-state index in [1.165, 1.54) is 10.6 Å². The molecule has 1 aromatic heterocycles. The van der Waals surface area contributed by atoms with Crippen LogP contribution in [0.2, 0.25) is 0 Å². The maximum Gasteiger partial charge on any atom is 0.190 e. The lowest BCUT2D eigenvalue weighted by atomic mass is 10.1. The average Bonchev–Trinajstić information content (AvgIpc) is 3.03. The summed E-state index contributed by atoms with van der Waals surface area (Å²) in [5.74, 6) is 1.36. The molecule has 0 unspecified atom stereocenters. The molecule has 0 saturated heterocycles. The van der Waals surface area contributed by atoms with Crippen LogP contribution in [0, 0.1) is 0 Å². The highest BCUT2D eigenvalue weighted by molar-refractivity contribution is 7.09. The standard InChI is InChI=1S/C18H26N4S/c1-14(2)17-22-16(13-23-17)10-12-21-18(19-3)20-11-9-15-7-5-4-6-8-15/h4-8,13-14H,9-12H2,1-3H3,(H2,19,20,21). The first kappa shape index (κ1) is 17.5. The van der Waals surface area contributed by atoms with Crippen molar-refractivity contribution in [1.29, 1.82) is 0 Å².